The summed E-state index contributed by atoms with van der Waals surface area (Å²) < 4.78 is 36.8. The molecule has 1 aliphatic heterocycles. The first-order valence-electron chi connectivity index (χ1n) is 7.26. The fraction of sp³-hybridized carbons (Fsp3) is 0.600. The van der Waals surface area contributed by atoms with Gasteiger partial charge in [-0.1, -0.05) is 0 Å². The van der Waals surface area contributed by atoms with Gasteiger partial charge in [0.05, 0.1) is 19.5 Å². The summed E-state index contributed by atoms with van der Waals surface area (Å²) in [5.74, 6) is 1.70. The van der Waals surface area contributed by atoms with Crippen LogP contribution in [0.15, 0.2) is 18.2 Å². The van der Waals surface area contributed by atoms with Crippen LogP contribution in [0.1, 0.15) is 30.7 Å². The molecule has 1 atom stereocenters. The van der Waals surface area contributed by atoms with Gasteiger partial charge in [-0.2, -0.15) is 0 Å². The van der Waals surface area contributed by atoms with Gasteiger partial charge in [0, 0.05) is 19.2 Å². The van der Waals surface area contributed by atoms with Crippen molar-refractivity contribution in [1.82, 2.24) is 4.31 Å². The minimum Gasteiger partial charge on any atom is -0.497 e. The SMILES string of the molecule is COc1cc(OC)cc(C2CCN(S(=O)(=O)C3CC3)C2)c1. The lowest BCUT2D eigenvalue weighted by Crippen LogP contribution is -2.31. The van der Waals surface area contributed by atoms with E-state index >= 15 is 0 Å². The summed E-state index contributed by atoms with van der Waals surface area (Å²) in [6.45, 7) is 1.18. The summed E-state index contributed by atoms with van der Waals surface area (Å²) in [6, 6.07) is 5.78. The second kappa shape index (κ2) is 5.50. The molecule has 1 aromatic carbocycles. The first-order chi connectivity index (χ1) is 10.0. The first kappa shape index (κ1) is 14.7. The Labute approximate surface area is 125 Å². The molecular weight excluding hydrogens is 290 g/mol. The van der Waals surface area contributed by atoms with E-state index in [9.17, 15) is 8.42 Å². The lowest BCUT2D eigenvalue weighted by atomic mass is 9.98. The highest BCUT2D eigenvalue weighted by Gasteiger charge is 2.42. The number of ether oxygens (including phenoxy) is 2. The third-order valence-corrected chi connectivity index (χ3v) is 6.67. The van der Waals surface area contributed by atoms with Crippen molar-refractivity contribution in [2.75, 3.05) is 27.3 Å². The van der Waals surface area contributed by atoms with E-state index < -0.39 is 10.0 Å². The second-order valence-corrected chi connectivity index (χ2v) is 7.95. The van der Waals surface area contributed by atoms with Crippen molar-refractivity contribution >= 4 is 10.0 Å². The molecule has 3 rings (SSSR count). The largest absolute Gasteiger partial charge is 0.497 e. The minimum atomic E-state index is -3.07. The van der Waals surface area contributed by atoms with Crippen LogP contribution in [0.25, 0.3) is 0 Å². The smallest absolute Gasteiger partial charge is 0.217 e. The van der Waals surface area contributed by atoms with Crippen LogP contribution in [-0.2, 0) is 10.0 Å². The fourth-order valence-electron chi connectivity index (χ4n) is 2.87. The number of benzene rings is 1. The Morgan fingerprint density at radius 2 is 1.67 bits per heavy atom. The average Bonchev–Trinajstić information content (AvgIpc) is 3.24. The molecule has 21 heavy (non-hydrogen) atoms. The Balaban J connectivity index is 1.79. The Bertz CT molecular complexity index is 602. The average molecular weight is 311 g/mol. The van der Waals surface area contributed by atoms with Crippen LogP contribution >= 0.6 is 0 Å². The lowest BCUT2D eigenvalue weighted by Gasteiger charge is -2.17. The fourth-order valence-corrected chi connectivity index (χ4v) is 4.77. The van der Waals surface area contributed by atoms with E-state index in [-0.39, 0.29) is 11.2 Å². The number of nitrogens with zero attached hydrogens (tertiary/aromatic N) is 1. The van der Waals surface area contributed by atoms with Crippen molar-refractivity contribution in [2.45, 2.75) is 30.4 Å². The van der Waals surface area contributed by atoms with Gasteiger partial charge in [0.25, 0.3) is 0 Å². The predicted molar refractivity (Wildman–Crippen MR) is 80.4 cm³/mol. The van der Waals surface area contributed by atoms with Crippen LogP contribution in [0.2, 0.25) is 0 Å². The molecule has 1 aromatic rings. The molecule has 1 saturated carbocycles. The first-order valence-corrected chi connectivity index (χ1v) is 8.77. The Morgan fingerprint density at radius 3 is 2.19 bits per heavy atom. The molecule has 0 bridgehead atoms. The van der Waals surface area contributed by atoms with Crippen LogP contribution in [0, 0.1) is 0 Å². The van der Waals surface area contributed by atoms with Crippen LogP contribution in [0.3, 0.4) is 0 Å². The standard InChI is InChI=1S/C15H21NO4S/c1-19-13-7-12(8-14(9-13)20-2)11-5-6-16(10-11)21(17,18)15-3-4-15/h7-9,11,15H,3-6,10H2,1-2H3. The molecule has 0 radical (unpaired) electrons. The van der Waals surface area contributed by atoms with Crippen molar-refractivity contribution in [2.24, 2.45) is 0 Å². The van der Waals surface area contributed by atoms with Crippen molar-refractivity contribution in [3.05, 3.63) is 23.8 Å². The van der Waals surface area contributed by atoms with Gasteiger partial charge >= 0.3 is 0 Å². The highest BCUT2D eigenvalue weighted by molar-refractivity contribution is 7.90. The van der Waals surface area contributed by atoms with Crippen molar-refractivity contribution in [1.29, 1.82) is 0 Å². The molecule has 116 valence electrons. The number of hydrogen-bond acceptors (Lipinski definition) is 4. The maximum absolute atomic E-state index is 12.3. The highest BCUT2D eigenvalue weighted by Crippen LogP contribution is 2.37. The number of sulfonamides is 1. The molecule has 2 fully saturated rings. The van der Waals surface area contributed by atoms with Gasteiger partial charge in [-0.3, -0.25) is 0 Å². The quantitative estimate of drug-likeness (QED) is 0.834. The molecule has 5 nitrogen and oxygen atoms in total. The van der Waals surface area contributed by atoms with Crippen LogP contribution in [0.5, 0.6) is 11.5 Å². The topological polar surface area (TPSA) is 55.8 Å². The lowest BCUT2D eigenvalue weighted by molar-refractivity contribution is 0.392. The molecule has 1 heterocycles. The zero-order valence-corrected chi connectivity index (χ0v) is 13.2. The zero-order valence-electron chi connectivity index (χ0n) is 12.4. The van der Waals surface area contributed by atoms with Gasteiger partial charge in [-0.25, -0.2) is 12.7 Å². The molecule has 1 aliphatic carbocycles. The normalized spacial score (nSPS) is 23.2. The molecule has 0 spiro atoms. The minimum absolute atomic E-state index is 0.129. The maximum atomic E-state index is 12.3. The molecular formula is C15H21NO4S. The van der Waals surface area contributed by atoms with Gasteiger partial charge < -0.3 is 9.47 Å². The maximum Gasteiger partial charge on any atom is 0.217 e. The summed E-state index contributed by atoms with van der Waals surface area (Å²) in [7, 11) is 0.177. The summed E-state index contributed by atoms with van der Waals surface area (Å²) in [4.78, 5) is 0. The van der Waals surface area contributed by atoms with E-state index in [2.05, 4.69) is 0 Å². The molecule has 1 saturated heterocycles. The van der Waals surface area contributed by atoms with E-state index in [0.717, 1.165) is 36.3 Å². The van der Waals surface area contributed by atoms with E-state index in [1.165, 1.54) is 0 Å². The number of rotatable bonds is 5. The van der Waals surface area contributed by atoms with Gasteiger partial charge in [0.15, 0.2) is 0 Å². The molecule has 0 N–H and O–H groups in total. The van der Waals surface area contributed by atoms with Crippen LogP contribution in [0.4, 0.5) is 0 Å². The van der Waals surface area contributed by atoms with Gasteiger partial charge in [0.2, 0.25) is 10.0 Å². The predicted octanol–water partition coefficient (Wildman–Crippen LogP) is 1.99. The third kappa shape index (κ3) is 2.87. The molecule has 6 heteroatoms. The summed E-state index contributed by atoms with van der Waals surface area (Å²) in [5, 5.41) is -0.129. The summed E-state index contributed by atoms with van der Waals surface area (Å²) in [6.07, 6.45) is 2.48. The van der Waals surface area contributed by atoms with Gasteiger partial charge in [-0.15, -0.1) is 0 Å². The van der Waals surface area contributed by atoms with Crippen molar-refractivity contribution < 1.29 is 17.9 Å². The van der Waals surface area contributed by atoms with Crippen molar-refractivity contribution in [3.8, 4) is 11.5 Å². The molecule has 2 aliphatic rings. The Kier molecular flexibility index (Phi) is 3.84. The summed E-state index contributed by atoms with van der Waals surface area (Å²) in [5.41, 5.74) is 1.08. The van der Waals surface area contributed by atoms with Crippen LogP contribution < -0.4 is 9.47 Å². The Hall–Kier alpha value is -1.27. The molecule has 0 aromatic heterocycles. The van der Waals surface area contributed by atoms with Crippen LogP contribution in [-0.4, -0.2) is 45.3 Å². The number of hydrogen-bond donors (Lipinski definition) is 0. The third-order valence-electron chi connectivity index (χ3n) is 4.30. The van der Waals surface area contributed by atoms with E-state index in [1.54, 1.807) is 18.5 Å². The Morgan fingerprint density at radius 1 is 1.05 bits per heavy atom. The highest BCUT2D eigenvalue weighted by atomic mass is 32.2. The monoisotopic (exact) mass is 311 g/mol. The second-order valence-electron chi connectivity index (χ2n) is 5.73. The summed E-state index contributed by atoms with van der Waals surface area (Å²) >= 11 is 0. The van der Waals surface area contributed by atoms with E-state index in [0.29, 0.717) is 13.1 Å². The van der Waals surface area contributed by atoms with Gasteiger partial charge in [-0.05, 0) is 42.9 Å². The van der Waals surface area contributed by atoms with Gasteiger partial charge in [0.1, 0.15) is 11.5 Å². The molecule has 0 amide bonds. The van der Waals surface area contributed by atoms with E-state index in [4.69, 9.17) is 9.47 Å². The zero-order chi connectivity index (χ0) is 15.0. The molecule has 1 unspecified atom stereocenters. The number of methoxy groups -OCH3 is 2. The van der Waals surface area contributed by atoms with E-state index in [1.807, 2.05) is 18.2 Å². The van der Waals surface area contributed by atoms with Crippen molar-refractivity contribution in [3.63, 3.8) is 0 Å².